The van der Waals surface area contributed by atoms with Crippen molar-refractivity contribution in [1.82, 2.24) is 5.32 Å². The quantitative estimate of drug-likeness (QED) is 0.732. The van der Waals surface area contributed by atoms with E-state index in [2.05, 4.69) is 46.2 Å². The van der Waals surface area contributed by atoms with E-state index >= 15 is 0 Å². The van der Waals surface area contributed by atoms with E-state index in [1.165, 1.54) is 12.2 Å². The van der Waals surface area contributed by atoms with Gasteiger partial charge in [-0.25, -0.2) is 0 Å². The molecule has 0 aromatic carbocycles. The highest BCUT2D eigenvalue weighted by Gasteiger charge is 2.15. The Morgan fingerprint density at radius 1 is 1.14 bits per heavy atom. The Morgan fingerprint density at radius 2 is 1.71 bits per heavy atom. The van der Waals surface area contributed by atoms with Crippen molar-refractivity contribution in [3.63, 3.8) is 0 Å². The molecule has 0 aromatic rings. The normalized spacial score (nSPS) is 16.7. The van der Waals surface area contributed by atoms with E-state index in [4.69, 9.17) is 0 Å². The van der Waals surface area contributed by atoms with Gasteiger partial charge in [0.25, 0.3) is 0 Å². The summed E-state index contributed by atoms with van der Waals surface area (Å²) < 4.78 is 0. The molecule has 2 atom stereocenters. The SMILES string of the molecule is CSCCC(C)C(C)CNC(C)(C)C. The monoisotopic (exact) mass is 217 g/mol. The number of hydrogen-bond acceptors (Lipinski definition) is 2. The van der Waals surface area contributed by atoms with Crippen LogP contribution in [0, 0.1) is 11.8 Å². The van der Waals surface area contributed by atoms with Crippen molar-refractivity contribution in [2.75, 3.05) is 18.6 Å². The minimum Gasteiger partial charge on any atom is -0.312 e. The summed E-state index contributed by atoms with van der Waals surface area (Å²) in [5.41, 5.74) is 0.257. The number of hydrogen-bond donors (Lipinski definition) is 1. The molecular formula is C12H27NS. The average Bonchev–Trinajstić information content (AvgIpc) is 2.09. The number of nitrogens with one attached hydrogen (secondary N) is 1. The van der Waals surface area contributed by atoms with Crippen molar-refractivity contribution in [3.8, 4) is 0 Å². The van der Waals surface area contributed by atoms with Gasteiger partial charge in [-0.15, -0.1) is 0 Å². The highest BCUT2D eigenvalue weighted by molar-refractivity contribution is 7.98. The van der Waals surface area contributed by atoms with Crippen molar-refractivity contribution in [3.05, 3.63) is 0 Å². The van der Waals surface area contributed by atoms with Crippen molar-refractivity contribution in [1.29, 1.82) is 0 Å². The van der Waals surface area contributed by atoms with Crippen LogP contribution >= 0.6 is 11.8 Å². The zero-order chi connectivity index (χ0) is 11.2. The van der Waals surface area contributed by atoms with Crippen LogP contribution in [0.4, 0.5) is 0 Å². The Bertz CT molecular complexity index is 140. The van der Waals surface area contributed by atoms with E-state index in [9.17, 15) is 0 Å². The van der Waals surface area contributed by atoms with E-state index in [1.54, 1.807) is 0 Å². The van der Waals surface area contributed by atoms with E-state index in [1.807, 2.05) is 11.8 Å². The summed E-state index contributed by atoms with van der Waals surface area (Å²) in [5.74, 6) is 2.90. The molecule has 0 bridgehead atoms. The summed E-state index contributed by atoms with van der Waals surface area (Å²) in [4.78, 5) is 0. The van der Waals surface area contributed by atoms with Crippen LogP contribution < -0.4 is 5.32 Å². The van der Waals surface area contributed by atoms with Gasteiger partial charge in [-0.1, -0.05) is 13.8 Å². The first-order chi connectivity index (χ1) is 6.37. The fourth-order valence-corrected chi connectivity index (χ4v) is 1.86. The second-order valence-corrected chi connectivity index (χ2v) is 6.35. The van der Waals surface area contributed by atoms with Gasteiger partial charge >= 0.3 is 0 Å². The summed E-state index contributed by atoms with van der Waals surface area (Å²) >= 11 is 1.95. The first kappa shape index (κ1) is 14.3. The maximum Gasteiger partial charge on any atom is 0.00966 e. The molecule has 0 fully saturated rings. The van der Waals surface area contributed by atoms with Gasteiger partial charge < -0.3 is 5.32 Å². The molecule has 0 rings (SSSR count). The summed E-state index contributed by atoms with van der Waals surface area (Å²) in [5, 5.41) is 3.57. The van der Waals surface area contributed by atoms with Crippen molar-refractivity contribution >= 4 is 11.8 Å². The van der Waals surface area contributed by atoms with Crippen LogP contribution in [0.15, 0.2) is 0 Å². The van der Waals surface area contributed by atoms with E-state index < -0.39 is 0 Å². The lowest BCUT2D eigenvalue weighted by molar-refractivity contribution is 0.314. The predicted molar refractivity (Wildman–Crippen MR) is 69.1 cm³/mol. The molecule has 0 heterocycles. The molecule has 86 valence electrons. The van der Waals surface area contributed by atoms with Crippen LogP contribution in [-0.4, -0.2) is 24.1 Å². The van der Waals surface area contributed by atoms with Gasteiger partial charge in [0.2, 0.25) is 0 Å². The van der Waals surface area contributed by atoms with E-state index in [0.29, 0.717) is 0 Å². The molecule has 0 radical (unpaired) electrons. The zero-order valence-electron chi connectivity index (χ0n) is 10.7. The number of rotatable bonds is 6. The van der Waals surface area contributed by atoms with Crippen LogP contribution in [0.5, 0.6) is 0 Å². The van der Waals surface area contributed by atoms with Gasteiger partial charge in [0.05, 0.1) is 0 Å². The molecular weight excluding hydrogens is 190 g/mol. The zero-order valence-corrected chi connectivity index (χ0v) is 11.5. The van der Waals surface area contributed by atoms with Gasteiger partial charge in [-0.05, 0) is 57.6 Å². The van der Waals surface area contributed by atoms with E-state index in [0.717, 1.165) is 18.4 Å². The van der Waals surface area contributed by atoms with Gasteiger partial charge in [-0.3, -0.25) is 0 Å². The Balaban J connectivity index is 3.67. The van der Waals surface area contributed by atoms with Crippen LogP contribution in [0.2, 0.25) is 0 Å². The molecule has 0 aliphatic heterocycles. The molecule has 0 spiro atoms. The van der Waals surface area contributed by atoms with Crippen LogP contribution in [0.1, 0.15) is 41.0 Å². The molecule has 2 unspecified atom stereocenters. The minimum absolute atomic E-state index is 0.257. The highest BCUT2D eigenvalue weighted by Crippen LogP contribution is 2.17. The third-order valence-electron chi connectivity index (χ3n) is 2.70. The summed E-state index contributed by atoms with van der Waals surface area (Å²) in [6, 6.07) is 0. The average molecular weight is 217 g/mol. The molecule has 0 aromatic heterocycles. The fourth-order valence-electron chi connectivity index (χ4n) is 1.26. The Hall–Kier alpha value is 0.310. The maximum absolute atomic E-state index is 3.57. The second-order valence-electron chi connectivity index (χ2n) is 5.37. The van der Waals surface area contributed by atoms with Gasteiger partial charge in [-0.2, -0.15) is 11.8 Å². The molecule has 0 amide bonds. The number of thioether (sulfide) groups is 1. The Labute approximate surface area is 94.4 Å². The highest BCUT2D eigenvalue weighted by atomic mass is 32.2. The fraction of sp³-hybridized carbons (Fsp3) is 1.00. The van der Waals surface area contributed by atoms with Gasteiger partial charge in [0, 0.05) is 5.54 Å². The van der Waals surface area contributed by atoms with Gasteiger partial charge in [0.15, 0.2) is 0 Å². The first-order valence-electron chi connectivity index (χ1n) is 5.61. The maximum atomic E-state index is 3.57. The molecule has 1 N–H and O–H groups in total. The molecule has 2 heteroatoms. The second kappa shape index (κ2) is 6.73. The van der Waals surface area contributed by atoms with Crippen molar-refractivity contribution in [2.45, 2.75) is 46.6 Å². The van der Waals surface area contributed by atoms with Gasteiger partial charge in [0.1, 0.15) is 0 Å². The lowest BCUT2D eigenvalue weighted by Crippen LogP contribution is -2.39. The topological polar surface area (TPSA) is 12.0 Å². The standard InChI is InChI=1S/C12H27NS/c1-10(7-8-14-6)11(2)9-13-12(3,4)5/h10-11,13H,7-9H2,1-6H3. The smallest absolute Gasteiger partial charge is 0.00966 e. The summed E-state index contributed by atoms with van der Waals surface area (Å²) in [6.45, 7) is 12.5. The van der Waals surface area contributed by atoms with Crippen LogP contribution in [-0.2, 0) is 0 Å². The summed E-state index contributed by atoms with van der Waals surface area (Å²) in [6.07, 6.45) is 3.53. The third-order valence-corrected chi connectivity index (χ3v) is 3.35. The van der Waals surface area contributed by atoms with E-state index in [-0.39, 0.29) is 5.54 Å². The minimum atomic E-state index is 0.257. The summed E-state index contributed by atoms with van der Waals surface area (Å²) in [7, 11) is 0. The first-order valence-corrected chi connectivity index (χ1v) is 7.00. The molecule has 0 saturated carbocycles. The third kappa shape index (κ3) is 7.69. The molecule has 0 aliphatic rings. The lowest BCUT2D eigenvalue weighted by Gasteiger charge is -2.26. The molecule has 14 heavy (non-hydrogen) atoms. The molecule has 0 saturated heterocycles. The Kier molecular flexibility index (Phi) is 6.88. The molecule has 0 aliphatic carbocycles. The van der Waals surface area contributed by atoms with Crippen molar-refractivity contribution < 1.29 is 0 Å². The Morgan fingerprint density at radius 3 is 2.14 bits per heavy atom. The lowest BCUT2D eigenvalue weighted by atomic mass is 9.92. The largest absolute Gasteiger partial charge is 0.312 e. The van der Waals surface area contributed by atoms with Crippen LogP contribution in [0.3, 0.4) is 0 Å². The van der Waals surface area contributed by atoms with Crippen LogP contribution in [0.25, 0.3) is 0 Å². The predicted octanol–water partition coefficient (Wildman–Crippen LogP) is 3.40. The molecule has 1 nitrogen and oxygen atoms in total. The van der Waals surface area contributed by atoms with Crippen molar-refractivity contribution in [2.24, 2.45) is 11.8 Å².